The monoisotopic (exact) mass is 265 g/mol. The minimum absolute atomic E-state index is 0.00732. The predicted molar refractivity (Wildman–Crippen MR) is 57.5 cm³/mol. The molecule has 1 amide bonds. The van der Waals surface area contributed by atoms with Gasteiger partial charge in [-0.1, -0.05) is 0 Å². The lowest BCUT2D eigenvalue weighted by atomic mass is 10.2. The highest BCUT2D eigenvalue weighted by molar-refractivity contribution is 5.92. The van der Waals surface area contributed by atoms with Crippen LogP contribution in [-0.4, -0.2) is 30.6 Å². The van der Waals surface area contributed by atoms with Gasteiger partial charge in [0, 0.05) is 5.56 Å². The molecule has 0 aromatic carbocycles. The summed E-state index contributed by atoms with van der Waals surface area (Å²) < 4.78 is 41.5. The van der Waals surface area contributed by atoms with Gasteiger partial charge in [0.2, 0.25) is 0 Å². The topological polar surface area (TPSA) is 71.5 Å². The summed E-state index contributed by atoms with van der Waals surface area (Å²) in [5.74, 6) is 4.62. The Morgan fingerprint density at radius 1 is 1.56 bits per heavy atom. The predicted octanol–water partition coefficient (Wildman–Crippen LogP) is 1.19. The quantitative estimate of drug-likeness (QED) is 0.487. The minimum Gasteiger partial charge on any atom is -0.454 e. The maximum atomic E-state index is 12.1. The van der Waals surface area contributed by atoms with Crippen molar-refractivity contribution in [3.8, 4) is 0 Å². The van der Waals surface area contributed by atoms with Crippen LogP contribution in [0, 0.1) is 6.92 Å². The molecule has 0 saturated heterocycles. The first-order chi connectivity index (χ1) is 8.23. The summed E-state index contributed by atoms with van der Waals surface area (Å²) in [7, 11) is 1.31. The molecule has 1 heterocycles. The number of carbonyl (C=O) groups excluding carboxylic acids is 1. The zero-order chi connectivity index (χ0) is 13.9. The van der Waals surface area contributed by atoms with Crippen molar-refractivity contribution in [3.63, 3.8) is 0 Å². The molecule has 3 N–H and O–H groups in total. The number of alkyl halides is 3. The van der Waals surface area contributed by atoms with E-state index in [0.29, 0.717) is 5.56 Å². The fourth-order valence-electron chi connectivity index (χ4n) is 1.54. The van der Waals surface area contributed by atoms with Crippen molar-refractivity contribution in [1.82, 2.24) is 10.3 Å². The Kier molecular flexibility index (Phi) is 4.36. The summed E-state index contributed by atoms with van der Waals surface area (Å²) in [5, 5.41) is 0. The first-order valence-corrected chi connectivity index (χ1v) is 5.08. The number of rotatable bonds is 4. The molecule has 0 radical (unpaired) electrons. The van der Waals surface area contributed by atoms with Crippen molar-refractivity contribution < 1.29 is 22.4 Å². The number of hydrogen-bond acceptors (Lipinski definition) is 4. The van der Waals surface area contributed by atoms with Gasteiger partial charge in [0.1, 0.15) is 5.76 Å². The first kappa shape index (κ1) is 14.5. The van der Waals surface area contributed by atoms with Crippen molar-refractivity contribution in [2.24, 2.45) is 5.84 Å². The molecular weight excluding hydrogens is 251 g/mol. The SMILES string of the molecule is Cc1cc(CN(C)CC(F)(F)F)oc1C(=O)NN. The first-order valence-electron chi connectivity index (χ1n) is 5.08. The standard InChI is InChI=1S/C10H14F3N3O2/c1-6-3-7(18-8(6)9(17)15-14)4-16(2)5-10(11,12)13/h3H,4-5,14H2,1-2H3,(H,15,17). The summed E-state index contributed by atoms with van der Waals surface area (Å²) in [4.78, 5) is 12.3. The molecule has 102 valence electrons. The van der Waals surface area contributed by atoms with E-state index in [1.54, 1.807) is 6.92 Å². The third-order valence-electron chi connectivity index (χ3n) is 2.18. The zero-order valence-corrected chi connectivity index (χ0v) is 9.97. The Morgan fingerprint density at radius 3 is 2.67 bits per heavy atom. The van der Waals surface area contributed by atoms with Gasteiger partial charge in [-0.3, -0.25) is 15.1 Å². The highest BCUT2D eigenvalue weighted by Gasteiger charge is 2.29. The zero-order valence-electron chi connectivity index (χ0n) is 9.97. The van der Waals surface area contributed by atoms with Crippen LogP contribution in [0.2, 0.25) is 0 Å². The van der Waals surface area contributed by atoms with Crippen LogP contribution in [0.3, 0.4) is 0 Å². The van der Waals surface area contributed by atoms with Crippen LogP contribution in [0.25, 0.3) is 0 Å². The van der Waals surface area contributed by atoms with E-state index in [2.05, 4.69) is 0 Å². The van der Waals surface area contributed by atoms with Crippen molar-refractivity contribution in [2.75, 3.05) is 13.6 Å². The average Bonchev–Trinajstić information content (AvgIpc) is 2.55. The van der Waals surface area contributed by atoms with Gasteiger partial charge in [0.05, 0.1) is 13.1 Å². The van der Waals surface area contributed by atoms with E-state index < -0.39 is 18.6 Å². The molecule has 5 nitrogen and oxygen atoms in total. The number of halogens is 3. The highest BCUT2D eigenvalue weighted by atomic mass is 19.4. The smallest absolute Gasteiger partial charge is 0.401 e. The van der Waals surface area contributed by atoms with Gasteiger partial charge < -0.3 is 4.42 Å². The molecule has 0 saturated carbocycles. The number of nitrogens with one attached hydrogen (secondary N) is 1. The lowest BCUT2D eigenvalue weighted by molar-refractivity contribution is -0.144. The third-order valence-corrected chi connectivity index (χ3v) is 2.18. The van der Waals surface area contributed by atoms with Crippen molar-refractivity contribution >= 4 is 5.91 Å². The van der Waals surface area contributed by atoms with Gasteiger partial charge in [-0.2, -0.15) is 13.2 Å². The van der Waals surface area contributed by atoms with Gasteiger partial charge in [0.15, 0.2) is 5.76 Å². The number of hydrazine groups is 1. The summed E-state index contributed by atoms with van der Waals surface area (Å²) in [6.45, 7) is 0.519. The molecule has 0 aliphatic carbocycles. The summed E-state index contributed by atoms with van der Waals surface area (Å²) in [6, 6.07) is 1.51. The maximum absolute atomic E-state index is 12.1. The molecule has 1 aromatic rings. The number of hydrogen-bond donors (Lipinski definition) is 2. The largest absolute Gasteiger partial charge is 0.454 e. The van der Waals surface area contributed by atoms with E-state index >= 15 is 0 Å². The molecule has 0 spiro atoms. The Bertz CT molecular complexity index is 428. The van der Waals surface area contributed by atoms with Crippen LogP contribution < -0.4 is 11.3 Å². The average molecular weight is 265 g/mol. The van der Waals surface area contributed by atoms with Crippen molar-refractivity contribution in [1.29, 1.82) is 0 Å². The Hall–Kier alpha value is -1.54. The van der Waals surface area contributed by atoms with Crippen LogP contribution in [0.15, 0.2) is 10.5 Å². The lowest BCUT2D eigenvalue weighted by Gasteiger charge is -2.16. The van der Waals surface area contributed by atoms with Crippen molar-refractivity contribution in [2.45, 2.75) is 19.6 Å². The molecule has 0 fully saturated rings. The van der Waals surface area contributed by atoms with E-state index in [1.165, 1.54) is 13.1 Å². The van der Waals surface area contributed by atoms with Crippen LogP contribution in [0.1, 0.15) is 21.9 Å². The van der Waals surface area contributed by atoms with Crippen LogP contribution in [0.5, 0.6) is 0 Å². The molecule has 0 atom stereocenters. The molecule has 8 heteroatoms. The van der Waals surface area contributed by atoms with E-state index in [0.717, 1.165) is 4.90 Å². The number of nitrogens with two attached hydrogens (primary N) is 1. The third kappa shape index (κ3) is 4.04. The second-order valence-corrected chi connectivity index (χ2v) is 3.99. The fourth-order valence-corrected chi connectivity index (χ4v) is 1.54. The summed E-state index contributed by atoms with van der Waals surface area (Å²) in [6.07, 6.45) is -4.27. The summed E-state index contributed by atoms with van der Waals surface area (Å²) >= 11 is 0. The maximum Gasteiger partial charge on any atom is 0.401 e. The van der Waals surface area contributed by atoms with E-state index in [1.807, 2.05) is 5.43 Å². The molecule has 0 unspecified atom stereocenters. The summed E-state index contributed by atoms with van der Waals surface area (Å²) in [5.41, 5.74) is 2.42. The second kappa shape index (κ2) is 5.40. The van der Waals surface area contributed by atoms with E-state index in [4.69, 9.17) is 10.3 Å². The van der Waals surface area contributed by atoms with E-state index in [9.17, 15) is 18.0 Å². The van der Waals surface area contributed by atoms with Gasteiger partial charge >= 0.3 is 12.1 Å². The molecule has 0 bridgehead atoms. The molecule has 0 aliphatic rings. The Labute approximate surface area is 102 Å². The molecule has 18 heavy (non-hydrogen) atoms. The number of aryl methyl sites for hydroxylation is 1. The second-order valence-electron chi connectivity index (χ2n) is 3.99. The van der Waals surface area contributed by atoms with E-state index in [-0.39, 0.29) is 18.1 Å². The van der Waals surface area contributed by atoms with Gasteiger partial charge in [-0.05, 0) is 20.0 Å². The van der Waals surface area contributed by atoms with Crippen LogP contribution >= 0.6 is 0 Å². The Balaban J connectivity index is 2.72. The number of nitrogens with zero attached hydrogens (tertiary/aromatic N) is 1. The fraction of sp³-hybridized carbons (Fsp3) is 0.500. The molecule has 1 aromatic heterocycles. The number of nitrogen functional groups attached to an aromatic ring is 1. The minimum atomic E-state index is -4.27. The number of carbonyl (C=O) groups is 1. The number of furan rings is 1. The van der Waals surface area contributed by atoms with Crippen LogP contribution in [0.4, 0.5) is 13.2 Å². The lowest BCUT2D eigenvalue weighted by Crippen LogP contribution is -2.30. The highest BCUT2D eigenvalue weighted by Crippen LogP contribution is 2.19. The van der Waals surface area contributed by atoms with Crippen LogP contribution in [-0.2, 0) is 6.54 Å². The molecular formula is C10H14F3N3O2. The number of amides is 1. The Morgan fingerprint density at radius 2 is 2.17 bits per heavy atom. The van der Waals surface area contributed by atoms with Crippen molar-refractivity contribution in [3.05, 3.63) is 23.2 Å². The normalized spacial score (nSPS) is 11.9. The molecule has 0 aliphatic heterocycles. The van der Waals surface area contributed by atoms with Gasteiger partial charge in [-0.15, -0.1) is 0 Å². The molecule has 1 rings (SSSR count). The van der Waals surface area contributed by atoms with Gasteiger partial charge in [0.25, 0.3) is 0 Å². The van der Waals surface area contributed by atoms with Gasteiger partial charge in [-0.25, -0.2) is 5.84 Å².